The topological polar surface area (TPSA) is 39.7 Å². The van der Waals surface area contributed by atoms with Gasteiger partial charge in [0.15, 0.2) is 0 Å². The number of halogens is 5. The Morgan fingerprint density at radius 1 is 0.947 bits per heavy atom. The van der Waals surface area contributed by atoms with Crippen LogP contribution in [0.3, 0.4) is 0 Å². The summed E-state index contributed by atoms with van der Waals surface area (Å²) in [5, 5.41) is 2.64. The lowest BCUT2D eigenvalue weighted by molar-refractivity contribution is -0.137. The van der Waals surface area contributed by atoms with E-state index in [0.717, 1.165) is 30.0 Å². The molecule has 1 aromatic heterocycles. The van der Waals surface area contributed by atoms with Crippen LogP contribution in [0.4, 0.5) is 27.6 Å². The second-order valence-corrected chi connectivity index (χ2v) is 10.5. The van der Waals surface area contributed by atoms with E-state index in [9.17, 15) is 26.7 Å². The molecular formula is C27H27F5N4OS. The number of benzene rings is 2. The van der Waals surface area contributed by atoms with Gasteiger partial charge in [0.2, 0.25) is 0 Å². The molecule has 2 saturated heterocycles. The van der Waals surface area contributed by atoms with Crippen LogP contribution in [0.2, 0.25) is 0 Å². The number of piperidine rings is 1. The Morgan fingerprint density at radius 2 is 1.61 bits per heavy atom. The van der Waals surface area contributed by atoms with Crippen molar-refractivity contribution in [1.29, 1.82) is 0 Å². The van der Waals surface area contributed by atoms with Gasteiger partial charge in [0.1, 0.15) is 17.3 Å². The summed E-state index contributed by atoms with van der Waals surface area (Å²) in [5.41, 5.74) is 0.273. The number of anilines is 1. The van der Waals surface area contributed by atoms with E-state index < -0.39 is 23.4 Å². The first-order valence-corrected chi connectivity index (χ1v) is 13.4. The van der Waals surface area contributed by atoms with Crippen LogP contribution in [0, 0.1) is 11.6 Å². The van der Waals surface area contributed by atoms with Gasteiger partial charge in [0.25, 0.3) is 5.91 Å². The smallest absolute Gasteiger partial charge is 0.368 e. The standard InChI is InChI=1S/C27H27F5N4OS/c28-22-5-2-6-23(29)21(22)16-34-9-7-18(8-10-34)25-33-24(17-38-25)26(37)36-13-11-35(12-14-36)20-4-1-3-19(15-20)27(30,31)32/h1-6,15,17-18H,7-14,16H2. The van der Waals surface area contributed by atoms with Crippen molar-refractivity contribution in [3.05, 3.63) is 81.3 Å². The molecular weight excluding hydrogens is 523 g/mol. The minimum atomic E-state index is -4.40. The minimum Gasteiger partial charge on any atom is -0.368 e. The molecule has 0 spiro atoms. The molecule has 202 valence electrons. The molecule has 0 unspecified atom stereocenters. The molecule has 0 atom stereocenters. The lowest BCUT2D eigenvalue weighted by atomic mass is 9.97. The van der Waals surface area contributed by atoms with Crippen LogP contribution in [-0.4, -0.2) is 60.0 Å². The Bertz CT molecular complexity index is 1260. The predicted octanol–water partition coefficient (Wildman–Crippen LogP) is 5.78. The van der Waals surface area contributed by atoms with Gasteiger partial charge in [0.05, 0.1) is 10.6 Å². The van der Waals surface area contributed by atoms with E-state index in [2.05, 4.69) is 4.98 Å². The number of nitrogens with zero attached hydrogens (tertiary/aromatic N) is 4. The molecule has 0 aliphatic carbocycles. The fourth-order valence-electron chi connectivity index (χ4n) is 5.03. The Kier molecular flexibility index (Phi) is 7.67. The van der Waals surface area contributed by atoms with Crippen LogP contribution in [0.5, 0.6) is 0 Å². The zero-order valence-electron chi connectivity index (χ0n) is 20.6. The summed E-state index contributed by atoms with van der Waals surface area (Å²) in [6.07, 6.45) is -2.83. The van der Waals surface area contributed by atoms with Crippen LogP contribution in [0.25, 0.3) is 0 Å². The Balaban J connectivity index is 1.14. The van der Waals surface area contributed by atoms with Gasteiger partial charge in [-0.1, -0.05) is 12.1 Å². The summed E-state index contributed by atoms with van der Waals surface area (Å²) in [4.78, 5) is 23.3. The van der Waals surface area contributed by atoms with Crippen molar-refractivity contribution >= 4 is 22.9 Å². The Labute approximate surface area is 221 Å². The largest absolute Gasteiger partial charge is 0.416 e. The van der Waals surface area contributed by atoms with E-state index >= 15 is 0 Å². The van der Waals surface area contributed by atoms with E-state index in [-0.39, 0.29) is 23.9 Å². The van der Waals surface area contributed by atoms with E-state index in [1.54, 1.807) is 16.3 Å². The number of hydrogen-bond acceptors (Lipinski definition) is 5. The van der Waals surface area contributed by atoms with Crippen molar-refractivity contribution in [2.75, 3.05) is 44.2 Å². The fraction of sp³-hybridized carbons (Fsp3) is 0.407. The van der Waals surface area contributed by atoms with Crippen molar-refractivity contribution in [2.24, 2.45) is 0 Å². The molecule has 0 N–H and O–H groups in total. The molecule has 2 fully saturated rings. The predicted molar refractivity (Wildman–Crippen MR) is 135 cm³/mol. The molecule has 3 aromatic rings. The molecule has 1 amide bonds. The summed E-state index contributed by atoms with van der Waals surface area (Å²) in [5.74, 6) is -1.07. The van der Waals surface area contributed by atoms with Gasteiger partial charge < -0.3 is 9.80 Å². The summed E-state index contributed by atoms with van der Waals surface area (Å²) in [6.45, 7) is 3.24. The molecule has 38 heavy (non-hydrogen) atoms. The molecule has 3 heterocycles. The highest BCUT2D eigenvalue weighted by molar-refractivity contribution is 7.09. The molecule has 2 aliphatic rings. The normalized spacial score (nSPS) is 17.7. The van der Waals surface area contributed by atoms with Crippen molar-refractivity contribution in [2.45, 2.75) is 31.5 Å². The van der Waals surface area contributed by atoms with Crippen molar-refractivity contribution < 1.29 is 26.7 Å². The maximum absolute atomic E-state index is 14.0. The quantitative estimate of drug-likeness (QED) is 0.378. The molecule has 2 aliphatic heterocycles. The molecule has 0 bridgehead atoms. The Hall–Kier alpha value is -3.05. The Morgan fingerprint density at radius 3 is 2.26 bits per heavy atom. The second kappa shape index (κ2) is 11.0. The zero-order valence-corrected chi connectivity index (χ0v) is 21.4. The van der Waals surface area contributed by atoms with Crippen LogP contribution < -0.4 is 4.90 Å². The van der Waals surface area contributed by atoms with Crippen LogP contribution in [0.15, 0.2) is 47.8 Å². The summed E-state index contributed by atoms with van der Waals surface area (Å²) in [6, 6.07) is 9.14. The van der Waals surface area contributed by atoms with E-state index in [0.29, 0.717) is 50.6 Å². The zero-order chi connectivity index (χ0) is 26.9. The molecule has 11 heteroatoms. The highest BCUT2D eigenvalue weighted by Crippen LogP contribution is 2.33. The number of rotatable bonds is 5. The van der Waals surface area contributed by atoms with E-state index in [4.69, 9.17) is 0 Å². The number of likely N-dealkylation sites (tertiary alicyclic amines) is 1. The number of aromatic nitrogens is 1. The van der Waals surface area contributed by atoms with Gasteiger partial charge >= 0.3 is 6.18 Å². The average molecular weight is 551 g/mol. The van der Waals surface area contributed by atoms with Gasteiger partial charge in [-0.2, -0.15) is 13.2 Å². The first-order chi connectivity index (χ1) is 18.2. The second-order valence-electron chi connectivity index (χ2n) is 9.65. The molecule has 5 nitrogen and oxygen atoms in total. The summed E-state index contributed by atoms with van der Waals surface area (Å²) < 4.78 is 67.2. The minimum absolute atomic E-state index is 0.0845. The molecule has 2 aromatic carbocycles. The molecule has 0 radical (unpaired) electrons. The lowest BCUT2D eigenvalue weighted by Gasteiger charge is -2.36. The van der Waals surface area contributed by atoms with Gasteiger partial charge in [0, 0.05) is 55.3 Å². The number of thiazole rings is 1. The summed E-state index contributed by atoms with van der Waals surface area (Å²) in [7, 11) is 0. The fourth-order valence-corrected chi connectivity index (χ4v) is 5.99. The van der Waals surface area contributed by atoms with Crippen LogP contribution in [0.1, 0.15) is 45.4 Å². The lowest BCUT2D eigenvalue weighted by Crippen LogP contribution is -2.49. The van der Waals surface area contributed by atoms with Crippen molar-refractivity contribution in [1.82, 2.24) is 14.8 Å². The van der Waals surface area contributed by atoms with E-state index in [1.165, 1.54) is 35.6 Å². The average Bonchev–Trinajstić information content (AvgIpc) is 3.41. The molecule has 0 saturated carbocycles. The number of piperazine rings is 1. The SMILES string of the molecule is O=C(c1csc(C2CCN(Cc3c(F)cccc3F)CC2)n1)N1CCN(c2cccc(C(F)(F)F)c2)CC1. The third-order valence-electron chi connectivity index (χ3n) is 7.23. The third-order valence-corrected chi connectivity index (χ3v) is 8.23. The van der Waals surface area contributed by atoms with Crippen LogP contribution in [-0.2, 0) is 12.7 Å². The van der Waals surface area contributed by atoms with Gasteiger partial charge in [-0.25, -0.2) is 13.8 Å². The monoisotopic (exact) mass is 550 g/mol. The first kappa shape index (κ1) is 26.6. The first-order valence-electron chi connectivity index (χ1n) is 12.5. The summed E-state index contributed by atoms with van der Waals surface area (Å²) >= 11 is 1.45. The number of carbonyl (C=O) groups is 1. The van der Waals surface area contributed by atoms with Crippen LogP contribution >= 0.6 is 11.3 Å². The number of carbonyl (C=O) groups excluding carboxylic acids is 1. The van der Waals surface area contributed by atoms with Gasteiger partial charge in [-0.05, 0) is 56.3 Å². The molecule has 5 rings (SSSR count). The third kappa shape index (κ3) is 5.83. The maximum Gasteiger partial charge on any atom is 0.416 e. The number of amides is 1. The van der Waals surface area contributed by atoms with Gasteiger partial charge in [-0.15, -0.1) is 11.3 Å². The highest BCUT2D eigenvalue weighted by atomic mass is 32.1. The van der Waals surface area contributed by atoms with Gasteiger partial charge in [-0.3, -0.25) is 9.69 Å². The van der Waals surface area contributed by atoms with Crippen molar-refractivity contribution in [3.63, 3.8) is 0 Å². The number of hydrogen-bond donors (Lipinski definition) is 0. The number of alkyl halides is 3. The maximum atomic E-state index is 14.0. The van der Waals surface area contributed by atoms with E-state index in [1.807, 2.05) is 9.80 Å². The highest BCUT2D eigenvalue weighted by Gasteiger charge is 2.32. The van der Waals surface area contributed by atoms with Crippen molar-refractivity contribution in [3.8, 4) is 0 Å².